The monoisotopic (exact) mass is 379 g/mol. The molecule has 1 heterocycles. The van der Waals surface area contributed by atoms with Crippen molar-refractivity contribution in [2.45, 2.75) is 19.9 Å². The Morgan fingerprint density at radius 3 is 2.43 bits per heavy atom. The Hall–Kier alpha value is -2.70. The Balaban J connectivity index is 1.61. The zero-order valence-corrected chi connectivity index (χ0v) is 16.7. The largest absolute Gasteiger partial charge is 0.387 e. The first-order chi connectivity index (χ1) is 13.4. The van der Waals surface area contributed by atoms with Gasteiger partial charge in [-0.25, -0.2) is 0 Å². The minimum absolute atomic E-state index is 0.113. The second-order valence-electron chi connectivity index (χ2n) is 7.57. The number of nitrogens with zero attached hydrogens (tertiary/aromatic N) is 2. The standard InChI is InChI=1S/C22H29N5O/c1-16-3-8-20(13-19(16)14-21(23)24)25-22(28)18-6-4-17(5-7-18)15-27-11-9-26(2)10-12-27/h3-8,13H,9-12,14-15H2,1-2H3,(H3,23,24)(H,25,28). The summed E-state index contributed by atoms with van der Waals surface area (Å²) in [6, 6.07) is 13.5. The summed E-state index contributed by atoms with van der Waals surface area (Å²) in [6.07, 6.45) is 0.385. The fourth-order valence-corrected chi connectivity index (χ4v) is 3.37. The van der Waals surface area contributed by atoms with Gasteiger partial charge < -0.3 is 16.0 Å². The lowest BCUT2D eigenvalue weighted by molar-refractivity contribution is 0.102. The van der Waals surface area contributed by atoms with Gasteiger partial charge in [0.05, 0.1) is 5.84 Å². The number of hydrogen-bond acceptors (Lipinski definition) is 4. The maximum Gasteiger partial charge on any atom is 0.255 e. The summed E-state index contributed by atoms with van der Waals surface area (Å²) >= 11 is 0. The van der Waals surface area contributed by atoms with E-state index in [2.05, 4.69) is 22.2 Å². The van der Waals surface area contributed by atoms with Gasteiger partial charge in [-0.05, 0) is 54.9 Å². The van der Waals surface area contributed by atoms with Crippen LogP contribution in [0.25, 0.3) is 0 Å². The van der Waals surface area contributed by atoms with E-state index >= 15 is 0 Å². The third kappa shape index (κ3) is 5.41. The highest BCUT2D eigenvalue weighted by Crippen LogP contribution is 2.17. The average molecular weight is 380 g/mol. The van der Waals surface area contributed by atoms with E-state index in [1.54, 1.807) is 0 Å². The smallest absolute Gasteiger partial charge is 0.255 e. The second-order valence-corrected chi connectivity index (χ2v) is 7.57. The number of nitrogens with one attached hydrogen (secondary N) is 2. The number of amides is 1. The van der Waals surface area contributed by atoms with Gasteiger partial charge >= 0.3 is 0 Å². The molecule has 0 bridgehead atoms. The van der Waals surface area contributed by atoms with E-state index in [9.17, 15) is 4.79 Å². The van der Waals surface area contributed by atoms with Crippen LogP contribution < -0.4 is 11.1 Å². The van der Waals surface area contributed by atoms with Gasteiger partial charge in [0.15, 0.2) is 0 Å². The Bertz CT molecular complexity index is 839. The molecule has 1 fully saturated rings. The van der Waals surface area contributed by atoms with E-state index in [4.69, 9.17) is 11.1 Å². The molecular formula is C22H29N5O. The Morgan fingerprint density at radius 1 is 1.11 bits per heavy atom. The van der Waals surface area contributed by atoms with E-state index < -0.39 is 0 Å². The number of piperazine rings is 1. The van der Waals surface area contributed by atoms with Gasteiger partial charge in [0.2, 0.25) is 0 Å². The van der Waals surface area contributed by atoms with Crippen LogP contribution in [0.4, 0.5) is 5.69 Å². The maximum atomic E-state index is 12.6. The van der Waals surface area contributed by atoms with Crippen LogP contribution in [-0.2, 0) is 13.0 Å². The van der Waals surface area contributed by atoms with Crippen molar-refractivity contribution in [3.05, 3.63) is 64.7 Å². The first kappa shape index (κ1) is 20.0. The van der Waals surface area contributed by atoms with Gasteiger partial charge in [-0.1, -0.05) is 18.2 Å². The molecule has 6 heteroatoms. The minimum Gasteiger partial charge on any atom is -0.387 e. The quantitative estimate of drug-likeness (QED) is 0.532. The molecule has 0 spiro atoms. The normalized spacial score (nSPS) is 15.4. The molecule has 2 aromatic carbocycles. The predicted molar refractivity (Wildman–Crippen MR) is 114 cm³/mol. The molecule has 4 N–H and O–H groups in total. The molecular weight excluding hydrogens is 350 g/mol. The summed E-state index contributed by atoms with van der Waals surface area (Å²) < 4.78 is 0. The van der Waals surface area contributed by atoms with Crippen LogP contribution in [0.5, 0.6) is 0 Å². The molecule has 1 amide bonds. The highest BCUT2D eigenvalue weighted by Gasteiger charge is 2.14. The molecule has 0 unspecified atom stereocenters. The zero-order chi connectivity index (χ0) is 20.1. The summed E-state index contributed by atoms with van der Waals surface area (Å²) in [5, 5.41) is 10.4. The summed E-state index contributed by atoms with van der Waals surface area (Å²) in [5.41, 5.74) is 10.1. The number of rotatable bonds is 6. The highest BCUT2D eigenvalue weighted by molar-refractivity contribution is 6.04. The van der Waals surface area contributed by atoms with E-state index in [0.717, 1.165) is 43.9 Å². The van der Waals surface area contributed by atoms with E-state index in [0.29, 0.717) is 17.7 Å². The third-order valence-electron chi connectivity index (χ3n) is 5.21. The Kier molecular flexibility index (Phi) is 6.44. The number of hydrogen-bond donors (Lipinski definition) is 3. The first-order valence-corrected chi connectivity index (χ1v) is 9.64. The van der Waals surface area contributed by atoms with Crippen LogP contribution in [0.2, 0.25) is 0 Å². The minimum atomic E-state index is -0.135. The molecule has 1 aliphatic heterocycles. The number of aryl methyl sites for hydroxylation is 1. The molecule has 0 radical (unpaired) electrons. The van der Waals surface area contributed by atoms with Crippen molar-refractivity contribution in [3.63, 3.8) is 0 Å². The molecule has 148 valence electrons. The van der Waals surface area contributed by atoms with Crippen molar-refractivity contribution >= 4 is 17.4 Å². The van der Waals surface area contributed by atoms with Crippen molar-refractivity contribution in [3.8, 4) is 0 Å². The van der Waals surface area contributed by atoms with Crippen molar-refractivity contribution in [1.82, 2.24) is 9.80 Å². The van der Waals surface area contributed by atoms with E-state index in [1.807, 2.05) is 49.4 Å². The molecule has 6 nitrogen and oxygen atoms in total. The molecule has 0 saturated carbocycles. The Labute approximate surface area is 166 Å². The maximum absolute atomic E-state index is 12.6. The predicted octanol–water partition coefficient (Wildman–Crippen LogP) is 2.47. The Morgan fingerprint density at radius 2 is 1.79 bits per heavy atom. The molecule has 1 aliphatic rings. The first-order valence-electron chi connectivity index (χ1n) is 9.64. The zero-order valence-electron chi connectivity index (χ0n) is 16.7. The number of anilines is 1. The fraction of sp³-hybridized carbons (Fsp3) is 0.364. The third-order valence-corrected chi connectivity index (χ3v) is 5.21. The van der Waals surface area contributed by atoms with Crippen molar-refractivity contribution in [2.75, 3.05) is 38.5 Å². The van der Waals surface area contributed by atoms with E-state index in [-0.39, 0.29) is 11.7 Å². The van der Waals surface area contributed by atoms with Gasteiger partial charge in [0.25, 0.3) is 5.91 Å². The van der Waals surface area contributed by atoms with Crippen LogP contribution in [0.3, 0.4) is 0 Å². The molecule has 0 aromatic heterocycles. The summed E-state index contributed by atoms with van der Waals surface area (Å²) in [4.78, 5) is 17.4. The molecule has 1 saturated heterocycles. The second kappa shape index (κ2) is 8.99. The summed E-state index contributed by atoms with van der Waals surface area (Å²) in [5.74, 6) is -0.0220. The summed E-state index contributed by atoms with van der Waals surface area (Å²) in [6.45, 7) is 7.25. The molecule has 0 aliphatic carbocycles. The average Bonchev–Trinajstić information content (AvgIpc) is 2.66. The topological polar surface area (TPSA) is 85.5 Å². The van der Waals surface area contributed by atoms with Crippen LogP contribution >= 0.6 is 0 Å². The number of likely N-dealkylation sites (N-methyl/N-ethyl adjacent to an activating group) is 1. The number of carbonyl (C=O) groups is 1. The van der Waals surface area contributed by atoms with Gasteiger partial charge in [-0.2, -0.15) is 0 Å². The van der Waals surface area contributed by atoms with Crippen LogP contribution in [-0.4, -0.2) is 54.8 Å². The number of benzene rings is 2. The SMILES string of the molecule is Cc1ccc(NC(=O)c2ccc(CN3CCN(C)CC3)cc2)cc1CC(=N)N. The molecule has 0 atom stereocenters. The molecule has 3 rings (SSSR count). The van der Waals surface area contributed by atoms with Gasteiger partial charge in [-0.15, -0.1) is 0 Å². The van der Waals surface area contributed by atoms with Crippen molar-refractivity contribution < 1.29 is 4.79 Å². The summed E-state index contributed by atoms with van der Waals surface area (Å²) in [7, 11) is 2.15. The lowest BCUT2D eigenvalue weighted by Gasteiger charge is -2.32. The number of carbonyl (C=O) groups excluding carboxylic acids is 1. The lowest BCUT2D eigenvalue weighted by atomic mass is 10.0. The number of amidine groups is 1. The lowest BCUT2D eigenvalue weighted by Crippen LogP contribution is -2.43. The van der Waals surface area contributed by atoms with Crippen molar-refractivity contribution in [2.24, 2.45) is 5.73 Å². The van der Waals surface area contributed by atoms with Crippen LogP contribution in [0.1, 0.15) is 27.0 Å². The molecule has 28 heavy (non-hydrogen) atoms. The van der Waals surface area contributed by atoms with Crippen molar-refractivity contribution in [1.29, 1.82) is 5.41 Å². The van der Waals surface area contributed by atoms with Gasteiger partial charge in [0.1, 0.15) is 0 Å². The van der Waals surface area contributed by atoms with Crippen LogP contribution in [0, 0.1) is 12.3 Å². The highest BCUT2D eigenvalue weighted by atomic mass is 16.1. The van der Waals surface area contributed by atoms with Crippen LogP contribution in [0.15, 0.2) is 42.5 Å². The number of nitrogens with two attached hydrogens (primary N) is 1. The van der Waals surface area contributed by atoms with E-state index in [1.165, 1.54) is 5.56 Å². The van der Waals surface area contributed by atoms with Gasteiger partial charge in [0, 0.05) is 50.4 Å². The van der Waals surface area contributed by atoms with Gasteiger partial charge in [-0.3, -0.25) is 15.1 Å². The molecule has 2 aromatic rings. The fourth-order valence-electron chi connectivity index (χ4n) is 3.37.